The topological polar surface area (TPSA) is 28.7 Å². The Balaban J connectivity index is 2.44. The second-order valence-electron chi connectivity index (χ2n) is 2.95. The summed E-state index contributed by atoms with van der Waals surface area (Å²) in [7, 11) is 0. The summed E-state index contributed by atoms with van der Waals surface area (Å²) in [5.41, 5.74) is 2.12. The molecule has 13 heavy (non-hydrogen) atoms. The zero-order valence-corrected chi connectivity index (χ0v) is 7.62. The molecule has 2 heteroatoms. The first-order chi connectivity index (χ1) is 6.40. The molecule has 66 valence electrons. The molecule has 0 amide bonds. The highest BCUT2D eigenvalue weighted by atomic mass is 14.9. The zero-order valence-electron chi connectivity index (χ0n) is 7.62. The normalized spacial score (nSPS) is 11.5. The van der Waals surface area contributed by atoms with Crippen molar-refractivity contribution in [3.05, 3.63) is 36.2 Å². The van der Waals surface area contributed by atoms with Crippen molar-refractivity contribution in [2.45, 2.75) is 13.3 Å². The molecule has 0 unspecified atom stereocenters. The molecular formula is C11H12N2. The molecule has 1 heterocycles. The highest BCUT2D eigenvalue weighted by molar-refractivity contribution is 5.76. The number of nitrogens with zero attached hydrogens (tertiary/aromatic N) is 1. The average molecular weight is 172 g/mol. The minimum atomic E-state index is 0.933. The Morgan fingerprint density at radius 2 is 2.23 bits per heavy atom. The van der Waals surface area contributed by atoms with E-state index in [1.165, 1.54) is 0 Å². The van der Waals surface area contributed by atoms with E-state index in [1.54, 1.807) is 0 Å². The van der Waals surface area contributed by atoms with Crippen molar-refractivity contribution in [3.63, 3.8) is 0 Å². The monoisotopic (exact) mass is 172 g/mol. The van der Waals surface area contributed by atoms with Crippen molar-refractivity contribution in [3.8, 4) is 0 Å². The van der Waals surface area contributed by atoms with Crippen LogP contribution in [0.25, 0.3) is 17.1 Å². The maximum atomic E-state index is 4.41. The van der Waals surface area contributed by atoms with Gasteiger partial charge in [-0.2, -0.15) is 0 Å². The summed E-state index contributed by atoms with van der Waals surface area (Å²) in [6, 6.07) is 8.05. The van der Waals surface area contributed by atoms with Gasteiger partial charge < -0.3 is 4.98 Å². The third-order valence-corrected chi connectivity index (χ3v) is 1.92. The van der Waals surface area contributed by atoms with Gasteiger partial charge in [-0.3, -0.25) is 0 Å². The van der Waals surface area contributed by atoms with Gasteiger partial charge >= 0.3 is 0 Å². The SMILES string of the molecule is CCC=Cc1nc2ccccc2[nH]1. The van der Waals surface area contributed by atoms with E-state index in [0.29, 0.717) is 0 Å². The van der Waals surface area contributed by atoms with Gasteiger partial charge in [-0.25, -0.2) is 4.98 Å². The number of aromatic nitrogens is 2. The third-order valence-electron chi connectivity index (χ3n) is 1.92. The van der Waals surface area contributed by atoms with Crippen molar-refractivity contribution in [1.29, 1.82) is 0 Å². The van der Waals surface area contributed by atoms with Gasteiger partial charge in [0.15, 0.2) is 0 Å². The fourth-order valence-electron chi connectivity index (χ4n) is 1.28. The van der Waals surface area contributed by atoms with Gasteiger partial charge in [0.1, 0.15) is 5.82 Å². The predicted octanol–water partition coefficient (Wildman–Crippen LogP) is 2.99. The lowest BCUT2D eigenvalue weighted by atomic mass is 10.3. The number of benzene rings is 1. The van der Waals surface area contributed by atoms with E-state index < -0.39 is 0 Å². The third kappa shape index (κ3) is 1.61. The van der Waals surface area contributed by atoms with Gasteiger partial charge in [0.25, 0.3) is 0 Å². The van der Waals surface area contributed by atoms with Crippen LogP contribution >= 0.6 is 0 Å². The first-order valence-electron chi connectivity index (χ1n) is 4.51. The lowest BCUT2D eigenvalue weighted by molar-refractivity contribution is 1.22. The van der Waals surface area contributed by atoms with Crippen molar-refractivity contribution in [1.82, 2.24) is 9.97 Å². The van der Waals surface area contributed by atoms with E-state index in [9.17, 15) is 0 Å². The van der Waals surface area contributed by atoms with Gasteiger partial charge in [-0.05, 0) is 24.6 Å². The summed E-state index contributed by atoms with van der Waals surface area (Å²) in [6.07, 6.45) is 5.15. The van der Waals surface area contributed by atoms with Gasteiger partial charge in [-0.15, -0.1) is 0 Å². The molecule has 1 N–H and O–H groups in total. The van der Waals surface area contributed by atoms with Crippen LogP contribution in [0.2, 0.25) is 0 Å². The largest absolute Gasteiger partial charge is 0.338 e. The standard InChI is InChI=1S/C11H12N2/c1-2-3-8-11-12-9-6-4-5-7-10(9)13-11/h3-8H,2H2,1H3,(H,12,13). The Kier molecular flexibility index (Phi) is 2.13. The number of H-pyrrole nitrogens is 1. The van der Waals surface area contributed by atoms with Crippen LogP contribution in [0.1, 0.15) is 19.2 Å². The second-order valence-corrected chi connectivity index (χ2v) is 2.95. The molecule has 0 aliphatic carbocycles. The quantitative estimate of drug-likeness (QED) is 0.741. The fraction of sp³-hybridized carbons (Fsp3) is 0.182. The summed E-state index contributed by atoms with van der Waals surface area (Å²) in [6.45, 7) is 2.11. The van der Waals surface area contributed by atoms with Crippen molar-refractivity contribution in [2.75, 3.05) is 0 Å². The molecule has 1 aromatic heterocycles. The predicted molar refractivity (Wildman–Crippen MR) is 55.4 cm³/mol. The molecule has 0 saturated carbocycles. The number of rotatable bonds is 2. The number of nitrogens with one attached hydrogen (secondary N) is 1. The molecule has 0 spiro atoms. The van der Waals surface area contributed by atoms with Gasteiger partial charge in [-0.1, -0.05) is 25.1 Å². The number of aromatic amines is 1. The molecular weight excluding hydrogens is 160 g/mol. The summed E-state index contributed by atoms with van der Waals surface area (Å²) >= 11 is 0. The molecule has 0 bridgehead atoms. The van der Waals surface area contributed by atoms with Crippen LogP contribution < -0.4 is 0 Å². The average Bonchev–Trinajstić information content (AvgIpc) is 2.57. The molecule has 0 radical (unpaired) electrons. The molecule has 0 saturated heterocycles. The number of hydrogen-bond donors (Lipinski definition) is 1. The molecule has 2 aromatic rings. The van der Waals surface area contributed by atoms with Gasteiger partial charge in [0.05, 0.1) is 11.0 Å². The molecule has 0 atom stereocenters. The summed E-state index contributed by atoms with van der Waals surface area (Å²) in [4.78, 5) is 7.64. The van der Waals surface area contributed by atoms with Crippen LogP contribution in [-0.4, -0.2) is 9.97 Å². The highest BCUT2D eigenvalue weighted by Crippen LogP contribution is 2.10. The van der Waals surface area contributed by atoms with Crippen LogP contribution in [0.3, 0.4) is 0 Å². The Labute approximate surface area is 77.3 Å². The maximum absolute atomic E-state index is 4.41. The number of hydrogen-bond acceptors (Lipinski definition) is 1. The number of para-hydroxylation sites is 2. The lowest BCUT2D eigenvalue weighted by Crippen LogP contribution is -1.71. The van der Waals surface area contributed by atoms with E-state index in [4.69, 9.17) is 0 Å². The van der Waals surface area contributed by atoms with Crippen LogP contribution in [0.5, 0.6) is 0 Å². The smallest absolute Gasteiger partial charge is 0.130 e. The number of allylic oxidation sites excluding steroid dienone is 1. The van der Waals surface area contributed by atoms with E-state index in [-0.39, 0.29) is 0 Å². The van der Waals surface area contributed by atoms with E-state index in [2.05, 4.69) is 23.0 Å². The fourth-order valence-corrected chi connectivity index (χ4v) is 1.28. The molecule has 0 aliphatic heterocycles. The Hall–Kier alpha value is -1.57. The molecule has 1 aromatic carbocycles. The summed E-state index contributed by atoms with van der Waals surface area (Å²) in [5, 5.41) is 0. The Morgan fingerprint density at radius 1 is 1.38 bits per heavy atom. The second kappa shape index (κ2) is 3.44. The van der Waals surface area contributed by atoms with E-state index in [1.807, 2.05) is 30.3 Å². The van der Waals surface area contributed by atoms with Crippen LogP contribution in [0.4, 0.5) is 0 Å². The van der Waals surface area contributed by atoms with Crippen molar-refractivity contribution >= 4 is 17.1 Å². The molecule has 0 fully saturated rings. The maximum Gasteiger partial charge on any atom is 0.130 e. The van der Waals surface area contributed by atoms with Crippen molar-refractivity contribution < 1.29 is 0 Å². The Morgan fingerprint density at radius 3 is 3.00 bits per heavy atom. The van der Waals surface area contributed by atoms with Crippen molar-refractivity contribution in [2.24, 2.45) is 0 Å². The molecule has 0 aliphatic rings. The zero-order chi connectivity index (χ0) is 9.10. The minimum absolute atomic E-state index is 0.933. The molecule has 2 nitrogen and oxygen atoms in total. The molecule has 2 rings (SSSR count). The summed E-state index contributed by atoms with van der Waals surface area (Å²) in [5.74, 6) is 0.933. The lowest BCUT2D eigenvalue weighted by Gasteiger charge is -1.81. The highest BCUT2D eigenvalue weighted by Gasteiger charge is 1.96. The van der Waals surface area contributed by atoms with Gasteiger partial charge in [0.2, 0.25) is 0 Å². The first kappa shape index (κ1) is 8.05. The van der Waals surface area contributed by atoms with E-state index >= 15 is 0 Å². The van der Waals surface area contributed by atoms with Crippen LogP contribution in [0.15, 0.2) is 30.3 Å². The summed E-state index contributed by atoms with van der Waals surface area (Å²) < 4.78 is 0. The number of fused-ring (bicyclic) bond motifs is 1. The van der Waals surface area contributed by atoms with Crippen LogP contribution in [0, 0.1) is 0 Å². The Bertz CT molecular complexity index is 393. The van der Waals surface area contributed by atoms with E-state index in [0.717, 1.165) is 23.3 Å². The number of imidazole rings is 1. The minimum Gasteiger partial charge on any atom is -0.338 e. The van der Waals surface area contributed by atoms with Crippen LogP contribution in [-0.2, 0) is 0 Å². The first-order valence-corrected chi connectivity index (χ1v) is 4.51. The van der Waals surface area contributed by atoms with Gasteiger partial charge in [0, 0.05) is 0 Å².